The van der Waals surface area contributed by atoms with Gasteiger partial charge in [-0.3, -0.25) is 0 Å². The average molecular weight is 1590 g/mol. The Morgan fingerprint density at radius 2 is 0.835 bits per heavy atom. The molecular weight excluding hydrogens is 1500 g/mol. The molecule has 26 heteroatoms. The Morgan fingerprint density at radius 3 is 1.19 bits per heavy atom. The van der Waals surface area contributed by atoms with Crippen LogP contribution in [0.1, 0.15) is 151 Å². The number of benzene rings is 5. The Hall–Kier alpha value is -10.4. The number of thiophene rings is 2. The Bertz CT molecular complexity index is 4590. The van der Waals surface area contributed by atoms with Gasteiger partial charge in [0.1, 0.15) is 79.5 Å². The molecule has 1 fully saturated rings. The summed E-state index contributed by atoms with van der Waals surface area (Å²) in [6, 6.07) is 47.8. The Labute approximate surface area is 658 Å². The zero-order valence-corrected chi connectivity index (χ0v) is 67.1. The lowest BCUT2D eigenvalue weighted by atomic mass is 10.1. The number of nitrogens with zero attached hydrogens (tertiary/aromatic N) is 4. The molecule has 1 aliphatic carbocycles. The molecule has 12 aromatic rings. The number of thiazole rings is 4. The van der Waals surface area contributed by atoms with E-state index < -0.39 is 23.5 Å². The van der Waals surface area contributed by atoms with Crippen LogP contribution in [-0.4, -0.2) is 101 Å². The second-order valence-corrected chi connectivity index (χ2v) is 30.3. The normalized spacial score (nSPS) is 11.3. The lowest BCUT2D eigenvalue weighted by Crippen LogP contribution is -2.24. The van der Waals surface area contributed by atoms with Gasteiger partial charge < -0.3 is 51.8 Å². The quantitative estimate of drug-likeness (QED) is 0.0327. The van der Waals surface area contributed by atoms with Crippen LogP contribution in [0.2, 0.25) is 0 Å². The van der Waals surface area contributed by atoms with Gasteiger partial charge in [0.2, 0.25) is 0 Å². The van der Waals surface area contributed by atoms with E-state index in [4.69, 9.17) is 51.8 Å². The van der Waals surface area contributed by atoms with Crippen molar-refractivity contribution >= 4 is 97.9 Å². The number of esters is 5. The predicted molar refractivity (Wildman–Crippen MR) is 430 cm³/mol. The van der Waals surface area contributed by atoms with Crippen LogP contribution in [-0.2, 0) is 36.9 Å². The topological polar surface area (TPSA) is 242 Å². The van der Waals surface area contributed by atoms with Gasteiger partial charge in [-0.15, -0.1) is 68.0 Å². The van der Waals surface area contributed by atoms with Gasteiger partial charge in [-0.05, 0) is 237 Å². The van der Waals surface area contributed by atoms with Gasteiger partial charge in [-0.2, -0.15) is 0 Å². The minimum absolute atomic E-state index is 0.0990. The van der Waals surface area contributed by atoms with E-state index in [0.717, 1.165) is 106 Å². The van der Waals surface area contributed by atoms with Crippen molar-refractivity contribution in [3.8, 4) is 81.5 Å². The van der Waals surface area contributed by atoms with Crippen molar-refractivity contribution < 1.29 is 75.8 Å². The molecule has 0 saturated heterocycles. The van der Waals surface area contributed by atoms with Gasteiger partial charge in [0, 0.05) is 58.9 Å². The molecule has 109 heavy (non-hydrogen) atoms. The molecule has 1 saturated carbocycles. The van der Waals surface area contributed by atoms with Crippen LogP contribution in [0.3, 0.4) is 0 Å². The third kappa shape index (κ3) is 27.1. The van der Waals surface area contributed by atoms with Crippen molar-refractivity contribution in [1.82, 2.24) is 19.9 Å². The summed E-state index contributed by atoms with van der Waals surface area (Å²) in [5.41, 5.74) is 6.39. The standard InChI is InChI=1S/C18H22O3S.C17H15NO4S.C17H15NO3S2.C16H19NO3S.C15H15NO3S/c1-4-20-16-7-5-14(6-8-16)17-11-15(12-22-17)18(19)21-10-9-13(2)3;1-2-20-13-7-5-12(6-8-13)16-18-15(11-23-16)17(19)22-10-14-4-3-9-21-14;1-2-20-13-7-5-12(6-8-13)16-18-15(11-23-16)17(19)21-10-14-4-3-9-22-14;1-5-19-12-8-6-11(7-9-12)14-17-13(10-21-14)15(18)20-16(2,3)4;1-2-18-11-5-3-10(4-6-11)14-16-13(9-20-14)15(17)19-12-7-8-12/h5-8,11-13H,4,9-10H2,1-3H3;2*3-9,11H,2,10H2,1H3;6-10H,5H2,1-4H3;3-6,9,12H,2,7-8H2,1H3. The van der Waals surface area contributed by atoms with Gasteiger partial charge in [0.15, 0.2) is 22.8 Å². The largest absolute Gasteiger partial charge is 0.494 e. The van der Waals surface area contributed by atoms with Crippen molar-refractivity contribution in [2.45, 2.75) is 113 Å². The molecule has 0 bridgehead atoms. The number of aromatic nitrogens is 4. The summed E-state index contributed by atoms with van der Waals surface area (Å²) in [6.07, 6.45) is 4.49. The molecule has 0 amide bonds. The predicted octanol–water partition coefficient (Wildman–Crippen LogP) is 21.5. The summed E-state index contributed by atoms with van der Waals surface area (Å²) < 4.78 is 58.4. The number of rotatable bonds is 28. The Morgan fingerprint density at radius 1 is 0.440 bits per heavy atom. The third-order valence-electron chi connectivity index (χ3n) is 14.8. The van der Waals surface area contributed by atoms with Crippen molar-refractivity contribution in [3.63, 3.8) is 0 Å². The first-order valence-electron chi connectivity index (χ1n) is 35.3. The van der Waals surface area contributed by atoms with Crippen LogP contribution in [0.4, 0.5) is 0 Å². The lowest BCUT2D eigenvalue weighted by molar-refractivity contribution is 0.00626. The number of carbonyl (C=O) groups excluding carboxylic acids is 5. The second-order valence-electron chi connectivity index (χ2n) is 24.9. The summed E-state index contributed by atoms with van der Waals surface area (Å²) in [7, 11) is 0. The monoisotopic (exact) mass is 1590 g/mol. The molecule has 0 aliphatic heterocycles. The van der Waals surface area contributed by atoms with Crippen LogP contribution in [0.5, 0.6) is 28.7 Å². The zero-order chi connectivity index (χ0) is 77.5. The van der Waals surface area contributed by atoms with Gasteiger partial charge in [0.25, 0.3) is 0 Å². The summed E-state index contributed by atoms with van der Waals surface area (Å²) in [5, 5.41) is 13.8. The van der Waals surface area contributed by atoms with E-state index >= 15 is 0 Å². The second kappa shape index (κ2) is 42.4. The highest BCUT2D eigenvalue weighted by atomic mass is 32.1. The molecule has 0 atom stereocenters. The molecule has 0 N–H and O–H groups in total. The molecule has 13 rings (SSSR count). The van der Waals surface area contributed by atoms with E-state index in [-0.39, 0.29) is 31.3 Å². The fourth-order valence-corrected chi connectivity index (χ4v) is 14.0. The first kappa shape index (κ1) is 82.7. The van der Waals surface area contributed by atoms with E-state index in [1.54, 1.807) is 56.3 Å². The highest BCUT2D eigenvalue weighted by Crippen LogP contribution is 2.34. The number of ether oxygens (including phenoxy) is 10. The molecule has 7 aromatic heterocycles. The maximum Gasteiger partial charge on any atom is 0.358 e. The maximum absolute atomic E-state index is 12.0. The molecule has 0 unspecified atom stereocenters. The van der Waals surface area contributed by atoms with Crippen molar-refractivity contribution in [3.05, 3.63) is 229 Å². The van der Waals surface area contributed by atoms with Crippen LogP contribution in [0, 0.1) is 5.92 Å². The van der Waals surface area contributed by atoms with Crippen LogP contribution in [0.25, 0.3) is 52.7 Å². The molecular formula is C83H86N4O16S6. The van der Waals surface area contributed by atoms with Gasteiger partial charge in [-0.25, -0.2) is 43.9 Å². The van der Waals surface area contributed by atoms with Crippen molar-refractivity contribution in [2.75, 3.05) is 39.6 Å². The van der Waals surface area contributed by atoms with E-state index in [1.165, 1.54) is 51.6 Å². The Kier molecular flexibility index (Phi) is 32.2. The van der Waals surface area contributed by atoms with Crippen LogP contribution >= 0.6 is 68.0 Å². The smallest absolute Gasteiger partial charge is 0.358 e. The van der Waals surface area contributed by atoms with E-state index in [0.29, 0.717) is 79.7 Å². The number of carbonyl (C=O) groups is 5. The summed E-state index contributed by atoms with van der Waals surface area (Å²) in [5.74, 6) is 3.47. The van der Waals surface area contributed by atoms with Crippen LogP contribution < -0.4 is 23.7 Å². The Balaban J connectivity index is 0.000000157. The lowest BCUT2D eigenvalue weighted by Gasteiger charge is -2.18. The zero-order valence-electron chi connectivity index (χ0n) is 62.2. The fraction of sp³-hybridized carbons (Fsp3) is 0.289. The minimum atomic E-state index is -0.514. The summed E-state index contributed by atoms with van der Waals surface area (Å²) in [6.45, 7) is 23.6. The van der Waals surface area contributed by atoms with Gasteiger partial charge in [-0.1, -0.05) is 19.9 Å². The first-order chi connectivity index (χ1) is 52.8. The molecule has 570 valence electrons. The maximum atomic E-state index is 12.0. The van der Waals surface area contributed by atoms with E-state index in [9.17, 15) is 24.0 Å². The third-order valence-corrected chi connectivity index (χ3v) is 20.2. The molecule has 1 aliphatic rings. The van der Waals surface area contributed by atoms with Crippen LogP contribution in [0.15, 0.2) is 195 Å². The molecule has 7 heterocycles. The SMILES string of the molecule is CCOc1ccc(-c2cc(C(=O)OCCC(C)C)cs2)cc1.CCOc1ccc(-c2nc(C(=O)OC(C)(C)C)cs2)cc1.CCOc1ccc(-c2nc(C(=O)OC3CC3)cs2)cc1.CCOc1ccc(-c2nc(C(=O)OCc3ccco3)cs2)cc1.CCOc1ccc(-c2nc(C(=O)OCc3cccs3)cs2)cc1. The van der Waals surface area contributed by atoms with Gasteiger partial charge >= 0.3 is 29.8 Å². The van der Waals surface area contributed by atoms with E-state index in [1.807, 2.05) is 206 Å². The summed E-state index contributed by atoms with van der Waals surface area (Å²) in [4.78, 5) is 79.2. The number of hydrogen-bond acceptors (Lipinski definition) is 26. The van der Waals surface area contributed by atoms with Crippen molar-refractivity contribution in [2.24, 2.45) is 5.92 Å². The molecule has 5 aromatic carbocycles. The highest BCUT2D eigenvalue weighted by molar-refractivity contribution is 7.14. The molecule has 0 spiro atoms. The fourth-order valence-electron chi connectivity index (χ4n) is 9.33. The van der Waals surface area contributed by atoms with Gasteiger partial charge in [0.05, 0.1) is 51.5 Å². The first-order valence-corrected chi connectivity index (χ1v) is 40.6. The molecule has 20 nitrogen and oxygen atoms in total. The summed E-state index contributed by atoms with van der Waals surface area (Å²) >= 11 is 8.80. The number of hydrogen-bond donors (Lipinski definition) is 0. The minimum Gasteiger partial charge on any atom is -0.494 e. The van der Waals surface area contributed by atoms with Crippen molar-refractivity contribution in [1.29, 1.82) is 0 Å². The average Bonchev–Trinajstić information content (AvgIpc) is 1.74. The highest BCUT2D eigenvalue weighted by Gasteiger charge is 2.28. The van der Waals surface area contributed by atoms with E-state index in [2.05, 4.69) is 33.8 Å². The molecule has 0 radical (unpaired) electrons. The number of furan rings is 1.